The molecule has 29 heavy (non-hydrogen) atoms. The van der Waals surface area contributed by atoms with Crippen molar-refractivity contribution in [2.24, 2.45) is 0 Å². The standard InChI is InChI=1S/C23H26N2O3S/c1-17-7-10-19(11-8-17)29(26,27)22-16-24-21-12-9-18(28-2)15-20(21)23(22)25-13-5-3-4-6-14-25/h7-12,15-16H,3-6,13-14H2,1-2H3. The van der Waals surface area contributed by atoms with Crippen LogP contribution in [0.4, 0.5) is 5.69 Å². The van der Waals surface area contributed by atoms with E-state index >= 15 is 0 Å². The summed E-state index contributed by atoms with van der Waals surface area (Å²) in [6, 6.07) is 12.6. The number of methoxy groups -OCH3 is 1. The van der Waals surface area contributed by atoms with Gasteiger partial charge in [-0.1, -0.05) is 30.5 Å². The van der Waals surface area contributed by atoms with E-state index < -0.39 is 9.84 Å². The fourth-order valence-corrected chi connectivity index (χ4v) is 5.36. The molecule has 1 aliphatic heterocycles. The quantitative estimate of drug-likeness (QED) is 0.620. The number of aryl methyl sites for hydroxylation is 1. The molecule has 4 rings (SSSR count). The summed E-state index contributed by atoms with van der Waals surface area (Å²) in [5, 5.41) is 0.819. The lowest BCUT2D eigenvalue weighted by molar-refractivity contribution is 0.415. The molecule has 6 heteroatoms. The molecular weight excluding hydrogens is 384 g/mol. The molecule has 0 aliphatic carbocycles. The second kappa shape index (κ2) is 8.03. The molecule has 1 saturated heterocycles. The van der Waals surface area contributed by atoms with E-state index in [9.17, 15) is 8.42 Å². The number of benzene rings is 2. The molecule has 2 heterocycles. The Balaban J connectivity index is 1.97. The minimum atomic E-state index is -3.70. The largest absolute Gasteiger partial charge is 0.497 e. The van der Waals surface area contributed by atoms with Gasteiger partial charge < -0.3 is 9.64 Å². The highest BCUT2D eigenvalue weighted by atomic mass is 32.2. The first-order valence-electron chi connectivity index (χ1n) is 10.0. The molecule has 0 atom stereocenters. The zero-order chi connectivity index (χ0) is 20.4. The molecule has 1 aliphatic rings. The molecule has 0 bridgehead atoms. The Labute approximate surface area is 172 Å². The number of pyridine rings is 1. The van der Waals surface area contributed by atoms with Gasteiger partial charge in [0.1, 0.15) is 10.6 Å². The third-order valence-electron chi connectivity index (χ3n) is 5.56. The Bertz CT molecular complexity index is 1120. The van der Waals surface area contributed by atoms with Gasteiger partial charge >= 0.3 is 0 Å². The lowest BCUT2D eigenvalue weighted by Crippen LogP contribution is -2.26. The van der Waals surface area contributed by atoms with Crippen LogP contribution in [0.2, 0.25) is 0 Å². The predicted molar refractivity (Wildman–Crippen MR) is 116 cm³/mol. The summed E-state index contributed by atoms with van der Waals surface area (Å²) < 4.78 is 32.6. The van der Waals surface area contributed by atoms with Gasteiger partial charge in [-0.2, -0.15) is 0 Å². The van der Waals surface area contributed by atoms with E-state index in [1.165, 1.54) is 19.0 Å². The van der Waals surface area contributed by atoms with E-state index in [2.05, 4.69) is 9.88 Å². The van der Waals surface area contributed by atoms with Crippen molar-refractivity contribution in [2.45, 2.75) is 42.4 Å². The number of aromatic nitrogens is 1. The maximum atomic E-state index is 13.6. The Morgan fingerprint density at radius 1 is 0.966 bits per heavy atom. The summed E-state index contributed by atoms with van der Waals surface area (Å²) in [5.74, 6) is 0.695. The third kappa shape index (κ3) is 3.81. The van der Waals surface area contributed by atoms with Gasteiger partial charge in [0.2, 0.25) is 9.84 Å². The molecule has 0 radical (unpaired) electrons. The van der Waals surface area contributed by atoms with Crippen LogP contribution < -0.4 is 9.64 Å². The van der Waals surface area contributed by atoms with Crippen molar-refractivity contribution in [3.63, 3.8) is 0 Å². The van der Waals surface area contributed by atoms with Crippen molar-refractivity contribution >= 4 is 26.4 Å². The third-order valence-corrected chi connectivity index (χ3v) is 7.33. The Kier molecular flexibility index (Phi) is 5.46. The molecule has 2 aromatic carbocycles. The van der Waals surface area contributed by atoms with E-state index in [0.717, 1.165) is 48.1 Å². The van der Waals surface area contributed by atoms with Crippen molar-refractivity contribution in [1.29, 1.82) is 0 Å². The lowest BCUT2D eigenvalue weighted by atomic mass is 10.1. The van der Waals surface area contributed by atoms with Gasteiger partial charge in [-0.3, -0.25) is 4.98 Å². The number of nitrogens with zero attached hydrogens (tertiary/aromatic N) is 2. The summed E-state index contributed by atoms with van der Waals surface area (Å²) in [6.07, 6.45) is 5.96. The number of sulfone groups is 1. The Hall–Kier alpha value is -2.60. The number of anilines is 1. The van der Waals surface area contributed by atoms with Gasteiger partial charge in [-0.15, -0.1) is 0 Å². The lowest BCUT2D eigenvalue weighted by Gasteiger charge is -2.27. The van der Waals surface area contributed by atoms with Gasteiger partial charge in [-0.25, -0.2) is 8.42 Å². The van der Waals surface area contributed by atoms with Crippen LogP contribution >= 0.6 is 0 Å². The average molecular weight is 411 g/mol. The fourth-order valence-electron chi connectivity index (χ4n) is 3.93. The first-order chi connectivity index (χ1) is 14.0. The van der Waals surface area contributed by atoms with Crippen molar-refractivity contribution in [3.05, 3.63) is 54.2 Å². The second-order valence-electron chi connectivity index (χ2n) is 7.57. The van der Waals surface area contributed by atoms with Crippen molar-refractivity contribution < 1.29 is 13.2 Å². The zero-order valence-electron chi connectivity index (χ0n) is 16.9. The number of hydrogen-bond acceptors (Lipinski definition) is 5. The highest BCUT2D eigenvalue weighted by Gasteiger charge is 2.27. The molecule has 0 saturated carbocycles. The minimum Gasteiger partial charge on any atom is -0.497 e. The zero-order valence-corrected chi connectivity index (χ0v) is 17.7. The van der Waals surface area contributed by atoms with E-state index in [1.807, 2.05) is 37.3 Å². The molecule has 152 valence electrons. The fraction of sp³-hybridized carbons (Fsp3) is 0.348. The minimum absolute atomic E-state index is 0.268. The SMILES string of the molecule is COc1ccc2ncc(S(=O)(=O)c3ccc(C)cc3)c(N3CCCCCC3)c2c1. The summed E-state index contributed by atoms with van der Waals surface area (Å²) >= 11 is 0. The molecule has 1 fully saturated rings. The number of fused-ring (bicyclic) bond motifs is 1. The molecule has 0 N–H and O–H groups in total. The van der Waals surface area contributed by atoms with Gasteiger partial charge in [0.25, 0.3) is 0 Å². The molecule has 0 amide bonds. The first kappa shape index (κ1) is 19.7. The summed E-state index contributed by atoms with van der Waals surface area (Å²) in [5.41, 5.74) is 2.54. The van der Waals surface area contributed by atoms with Gasteiger partial charge in [0.05, 0.1) is 23.2 Å². The number of rotatable bonds is 4. The van der Waals surface area contributed by atoms with E-state index in [-0.39, 0.29) is 4.90 Å². The van der Waals surface area contributed by atoms with Crippen LogP contribution in [0.1, 0.15) is 31.2 Å². The van der Waals surface area contributed by atoms with Crippen LogP contribution in [0, 0.1) is 6.92 Å². The van der Waals surface area contributed by atoms with Crippen LogP contribution in [0.3, 0.4) is 0 Å². The topological polar surface area (TPSA) is 59.5 Å². The van der Waals surface area contributed by atoms with Crippen LogP contribution in [0.5, 0.6) is 5.75 Å². The van der Waals surface area contributed by atoms with E-state index in [4.69, 9.17) is 4.74 Å². The van der Waals surface area contributed by atoms with Crippen LogP contribution in [-0.2, 0) is 9.84 Å². The first-order valence-corrected chi connectivity index (χ1v) is 11.5. The van der Waals surface area contributed by atoms with Crippen molar-refractivity contribution in [3.8, 4) is 5.75 Å². The molecule has 1 aromatic heterocycles. The van der Waals surface area contributed by atoms with Crippen molar-refractivity contribution in [1.82, 2.24) is 4.98 Å². The van der Waals surface area contributed by atoms with Crippen LogP contribution in [0.25, 0.3) is 10.9 Å². The average Bonchev–Trinajstić information content (AvgIpc) is 3.02. The van der Waals surface area contributed by atoms with Crippen LogP contribution in [0.15, 0.2) is 58.5 Å². The summed E-state index contributed by atoms with van der Waals surface area (Å²) in [4.78, 5) is 7.27. The number of hydrogen-bond donors (Lipinski definition) is 0. The maximum Gasteiger partial charge on any atom is 0.210 e. The molecule has 0 unspecified atom stereocenters. The van der Waals surface area contributed by atoms with Gasteiger partial charge in [-0.05, 0) is 50.1 Å². The molecular formula is C23H26N2O3S. The Morgan fingerprint density at radius 2 is 1.66 bits per heavy atom. The predicted octanol–water partition coefficient (Wildman–Crippen LogP) is 4.77. The smallest absolute Gasteiger partial charge is 0.210 e. The molecule has 0 spiro atoms. The highest BCUT2D eigenvalue weighted by Crippen LogP contribution is 2.38. The second-order valence-corrected chi connectivity index (χ2v) is 9.49. The normalized spacial score (nSPS) is 15.3. The molecule has 5 nitrogen and oxygen atoms in total. The van der Waals surface area contributed by atoms with Crippen molar-refractivity contribution in [2.75, 3.05) is 25.1 Å². The van der Waals surface area contributed by atoms with Gasteiger partial charge in [0, 0.05) is 24.7 Å². The summed E-state index contributed by atoms with van der Waals surface area (Å²) in [7, 11) is -2.09. The Morgan fingerprint density at radius 3 is 2.31 bits per heavy atom. The van der Waals surface area contributed by atoms with Gasteiger partial charge in [0.15, 0.2) is 0 Å². The van der Waals surface area contributed by atoms with E-state index in [0.29, 0.717) is 10.6 Å². The summed E-state index contributed by atoms with van der Waals surface area (Å²) in [6.45, 7) is 3.63. The maximum absolute atomic E-state index is 13.6. The molecule has 3 aromatic rings. The van der Waals surface area contributed by atoms with Crippen LogP contribution in [-0.4, -0.2) is 33.6 Å². The highest BCUT2D eigenvalue weighted by molar-refractivity contribution is 7.91. The van der Waals surface area contributed by atoms with E-state index in [1.54, 1.807) is 19.2 Å². The monoisotopic (exact) mass is 410 g/mol. The number of ether oxygens (including phenoxy) is 1.